The summed E-state index contributed by atoms with van der Waals surface area (Å²) in [5, 5.41) is 5.78. The first-order valence-corrected chi connectivity index (χ1v) is 19.7. The molecule has 0 spiro atoms. The summed E-state index contributed by atoms with van der Waals surface area (Å²) in [4.78, 5) is 11.5. The highest BCUT2D eigenvalue weighted by Crippen LogP contribution is 2.38. The van der Waals surface area contributed by atoms with Crippen LogP contribution >= 0.6 is 15.8 Å². The molecule has 0 fully saturated rings. The molecule has 0 aliphatic rings. The van der Waals surface area contributed by atoms with Gasteiger partial charge in [-0.2, -0.15) is 0 Å². The van der Waals surface area contributed by atoms with Gasteiger partial charge in [-0.3, -0.25) is 4.90 Å². The summed E-state index contributed by atoms with van der Waals surface area (Å²) >= 11 is 0. The second kappa shape index (κ2) is 16.3. The zero-order chi connectivity index (χ0) is 34.3. The topological polar surface area (TPSA) is 16.2 Å². The third kappa shape index (κ3) is 9.96. The van der Waals surface area contributed by atoms with Crippen molar-refractivity contribution in [2.24, 2.45) is 0 Å². The van der Waals surface area contributed by atoms with Crippen LogP contribution in [0.2, 0.25) is 0 Å². The molecule has 0 bridgehead atoms. The first-order valence-electron chi connectivity index (χ1n) is 16.6. The molecule has 0 amide bonds. The van der Waals surface area contributed by atoms with Gasteiger partial charge >= 0.3 is 0 Å². The smallest absolute Gasteiger partial charge is 0.0361 e. The lowest BCUT2D eigenvalue weighted by Crippen LogP contribution is -2.45. The highest BCUT2D eigenvalue weighted by Gasteiger charge is 2.25. The number of nitrogens with zero attached hydrogens (tertiary/aromatic N) is 5. The minimum absolute atomic E-state index is 0.0646. The predicted molar refractivity (Wildman–Crippen MR) is 217 cm³/mol. The fraction of sp³-hybridized carbons (Fsp3) is 0.400. The lowest BCUT2D eigenvalue weighted by Gasteiger charge is -2.38. The summed E-state index contributed by atoms with van der Waals surface area (Å²) in [5.41, 5.74) is 5.04. The Kier molecular flexibility index (Phi) is 12.8. The van der Waals surface area contributed by atoms with Gasteiger partial charge in [-0.25, -0.2) is 0 Å². The van der Waals surface area contributed by atoms with Gasteiger partial charge < -0.3 is 19.6 Å². The Hall–Kier alpha value is -3.10. The van der Waals surface area contributed by atoms with Crippen LogP contribution in [0.15, 0.2) is 97.1 Å². The second-order valence-electron chi connectivity index (χ2n) is 14.1. The monoisotopic (exact) mass is 669 g/mol. The maximum absolute atomic E-state index is 2.74. The van der Waals surface area contributed by atoms with E-state index in [1.165, 1.54) is 44.0 Å². The van der Waals surface area contributed by atoms with Crippen molar-refractivity contribution < 1.29 is 0 Å². The van der Waals surface area contributed by atoms with Crippen LogP contribution in [-0.4, -0.2) is 92.2 Å². The third-order valence-corrected chi connectivity index (χ3v) is 13.8. The highest BCUT2D eigenvalue weighted by atomic mass is 31.1. The largest absolute Gasteiger partial charge is 0.378 e. The average molecular weight is 670 g/mol. The highest BCUT2D eigenvalue weighted by molar-refractivity contribution is 7.73. The Balaban J connectivity index is 1.61. The summed E-state index contributed by atoms with van der Waals surface area (Å²) in [6, 6.07) is 37.1. The number of hydrogen-bond donors (Lipinski definition) is 0. The van der Waals surface area contributed by atoms with E-state index in [1.54, 1.807) is 0 Å². The van der Waals surface area contributed by atoms with E-state index in [0.717, 1.165) is 25.4 Å². The van der Waals surface area contributed by atoms with Gasteiger partial charge in [-0.1, -0.05) is 48.5 Å². The van der Waals surface area contributed by atoms with Crippen LogP contribution in [0.5, 0.6) is 0 Å². The molecule has 5 nitrogen and oxygen atoms in total. The van der Waals surface area contributed by atoms with E-state index < -0.39 is 15.8 Å². The quantitative estimate of drug-likeness (QED) is 0.140. The molecule has 0 aliphatic carbocycles. The molecular weight excluding hydrogens is 612 g/mol. The molecular formula is C40H57N5P2. The first-order chi connectivity index (χ1) is 22.2. The lowest BCUT2D eigenvalue weighted by atomic mass is 10.1. The molecule has 252 valence electrons. The van der Waals surface area contributed by atoms with Gasteiger partial charge in [-0.15, -0.1) is 0 Å². The van der Waals surface area contributed by atoms with Crippen LogP contribution in [0.25, 0.3) is 0 Å². The van der Waals surface area contributed by atoms with Gasteiger partial charge in [0.15, 0.2) is 0 Å². The Morgan fingerprint density at radius 1 is 0.383 bits per heavy atom. The Morgan fingerprint density at radius 3 is 0.766 bits per heavy atom. The van der Waals surface area contributed by atoms with Gasteiger partial charge in [0.1, 0.15) is 0 Å². The molecule has 0 radical (unpaired) electrons. The van der Waals surface area contributed by atoms with Crippen LogP contribution in [0.3, 0.4) is 0 Å². The van der Waals surface area contributed by atoms with E-state index >= 15 is 0 Å². The molecule has 0 N–H and O–H groups in total. The normalized spacial score (nSPS) is 11.8. The predicted octanol–water partition coefficient (Wildman–Crippen LogP) is 6.62. The molecule has 4 aromatic carbocycles. The summed E-state index contributed by atoms with van der Waals surface area (Å²) < 4.78 is 0. The summed E-state index contributed by atoms with van der Waals surface area (Å²) in [6.45, 7) is 9.26. The Morgan fingerprint density at radius 2 is 0.596 bits per heavy atom. The molecule has 0 aromatic heterocycles. The van der Waals surface area contributed by atoms with Gasteiger partial charge in [0.05, 0.1) is 0 Å². The van der Waals surface area contributed by atoms with Crippen molar-refractivity contribution in [3.05, 3.63) is 97.1 Å². The molecule has 47 heavy (non-hydrogen) atoms. The van der Waals surface area contributed by atoms with Crippen LogP contribution < -0.4 is 40.8 Å². The maximum atomic E-state index is 2.74. The summed E-state index contributed by atoms with van der Waals surface area (Å²) in [5.74, 6) is 0. The zero-order valence-electron chi connectivity index (χ0n) is 30.7. The van der Waals surface area contributed by atoms with Crippen LogP contribution in [0.1, 0.15) is 20.8 Å². The van der Waals surface area contributed by atoms with Gasteiger partial charge in [0.2, 0.25) is 0 Å². The van der Waals surface area contributed by atoms with Crippen LogP contribution in [0.4, 0.5) is 22.7 Å². The van der Waals surface area contributed by atoms with Gasteiger partial charge in [-0.05, 0) is 119 Å². The molecule has 0 heterocycles. The zero-order valence-corrected chi connectivity index (χ0v) is 32.5. The molecule has 0 saturated carbocycles. The molecule has 0 saturated heterocycles. The van der Waals surface area contributed by atoms with Crippen molar-refractivity contribution in [3.63, 3.8) is 0 Å². The fourth-order valence-electron chi connectivity index (χ4n) is 5.76. The van der Waals surface area contributed by atoms with Crippen LogP contribution in [-0.2, 0) is 0 Å². The summed E-state index contributed by atoms with van der Waals surface area (Å²) in [6.07, 6.45) is 2.25. The standard InChI is InChI=1S/C40H57N5P2/c1-40(2,3)45(28-30-46(36-20-12-32(13-21-36)41(4)5)37-22-14-33(15-23-37)42(6)7)29-31-47(38-24-16-34(17-25-38)43(8)9)39-26-18-35(19-27-39)44(10)11/h12-27H,28-31H2,1-11H3. The molecule has 4 rings (SSSR count). The minimum atomic E-state index is -0.510. The first kappa shape index (κ1) is 36.7. The SMILES string of the molecule is CN(C)c1ccc(P(CCN(CCP(c2ccc(N(C)C)cc2)c2ccc(N(C)C)cc2)C(C)(C)C)c2ccc(N(C)C)cc2)cc1. The number of anilines is 4. The van der Waals surface area contributed by atoms with E-state index in [9.17, 15) is 0 Å². The van der Waals surface area contributed by atoms with E-state index in [-0.39, 0.29) is 5.54 Å². The van der Waals surface area contributed by atoms with Crippen molar-refractivity contribution in [3.8, 4) is 0 Å². The van der Waals surface area contributed by atoms with Crippen LogP contribution in [0, 0.1) is 0 Å². The number of hydrogen-bond acceptors (Lipinski definition) is 5. The molecule has 4 aromatic rings. The molecule has 7 heteroatoms. The summed E-state index contributed by atoms with van der Waals surface area (Å²) in [7, 11) is 15.9. The van der Waals surface area contributed by atoms with Gasteiger partial charge in [0.25, 0.3) is 0 Å². The minimum Gasteiger partial charge on any atom is -0.378 e. The third-order valence-electron chi connectivity index (χ3n) is 8.85. The Bertz CT molecular complexity index is 1290. The van der Waals surface area contributed by atoms with Gasteiger partial charge in [0, 0.05) is 97.8 Å². The molecule has 0 unspecified atom stereocenters. The number of benzene rings is 4. The Labute approximate surface area is 288 Å². The number of rotatable bonds is 14. The molecule has 0 aliphatic heterocycles. The average Bonchev–Trinajstić information content (AvgIpc) is 3.04. The second-order valence-corrected chi connectivity index (χ2v) is 18.8. The lowest BCUT2D eigenvalue weighted by molar-refractivity contribution is 0.156. The van der Waals surface area contributed by atoms with E-state index in [2.05, 4.69) is 199 Å². The van der Waals surface area contributed by atoms with Crippen molar-refractivity contribution in [1.82, 2.24) is 4.90 Å². The van der Waals surface area contributed by atoms with Crippen molar-refractivity contribution in [2.75, 3.05) is 101 Å². The van der Waals surface area contributed by atoms with Crippen molar-refractivity contribution >= 4 is 59.8 Å². The van der Waals surface area contributed by atoms with E-state index in [0.29, 0.717) is 0 Å². The van der Waals surface area contributed by atoms with Crippen molar-refractivity contribution in [1.29, 1.82) is 0 Å². The van der Waals surface area contributed by atoms with E-state index in [1.807, 2.05) is 0 Å². The van der Waals surface area contributed by atoms with E-state index in [4.69, 9.17) is 0 Å². The molecule has 0 atom stereocenters. The van der Waals surface area contributed by atoms with Crippen molar-refractivity contribution in [2.45, 2.75) is 26.3 Å². The maximum Gasteiger partial charge on any atom is 0.0361 e. The fourth-order valence-corrected chi connectivity index (χ4v) is 10.3.